The molecule has 3 unspecified atom stereocenters. The topological polar surface area (TPSA) is 49.7 Å². The average Bonchev–Trinajstić information content (AvgIpc) is 2.32. The summed E-state index contributed by atoms with van der Waals surface area (Å²) in [5.74, 6) is 0.225. The Kier molecular flexibility index (Phi) is 3.15. The first-order valence-corrected chi connectivity index (χ1v) is 4.35. The van der Waals surface area contributed by atoms with E-state index >= 15 is 0 Å². The molecule has 0 amide bonds. The maximum Gasteiger partial charge on any atom is 0.112 e. The molecule has 0 aliphatic carbocycles. The molecule has 0 aromatic carbocycles. The van der Waals surface area contributed by atoms with Crippen molar-refractivity contribution in [1.82, 2.24) is 0 Å². The van der Waals surface area contributed by atoms with Crippen molar-refractivity contribution in [2.75, 3.05) is 0 Å². The number of aliphatic hydroxyl groups excluding tert-OH is 2. The molecular weight excluding hydrogens is 155 g/mol. The highest BCUT2D eigenvalue weighted by atomic mass is 16.5. The third-order valence-corrected chi connectivity index (χ3v) is 2.54. The standard InChI is InChI=1S/C8H15BO3/c1-3-4(2)7-5(10)6(11)8(9)12-7/h4-8,10-11H,3H2,1-2H3/t4?,5-,6+,7?,8?/m0/s1. The molecule has 2 radical (unpaired) electrons. The lowest BCUT2D eigenvalue weighted by Crippen LogP contribution is -2.35. The molecule has 4 heteroatoms. The van der Waals surface area contributed by atoms with Gasteiger partial charge in [0.05, 0.1) is 12.2 Å². The average molecular weight is 170 g/mol. The van der Waals surface area contributed by atoms with E-state index in [1.165, 1.54) is 0 Å². The summed E-state index contributed by atoms with van der Waals surface area (Å²) in [5, 5.41) is 18.8. The predicted octanol–water partition coefficient (Wildman–Crippen LogP) is -0.352. The molecular formula is C8H15BO3. The molecule has 5 atom stereocenters. The van der Waals surface area contributed by atoms with Gasteiger partial charge < -0.3 is 14.9 Å². The Balaban J connectivity index is 2.58. The Labute approximate surface area is 74.1 Å². The highest BCUT2D eigenvalue weighted by Gasteiger charge is 2.41. The number of ether oxygens (including phenoxy) is 1. The van der Waals surface area contributed by atoms with Crippen LogP contribution in [0.4, 0.5) is 0 Å². The van der Waals surface area contributed by atoms with Crippen molar-refractivity contribution in [2.45, 2.75) is 44.6 Å². The van der Waals surface area contributed by atoms with Crippen LogP contribution in [-0.2, 0) is 4.74 Å². The van der Waals surface area contributed by atoms with Crippen molar-refractivity contribution in [1.29, 1.82) is 0 Å². The van der Waals surface area contributed by atoms with Crippen LogP contribution < -0.4 is 0 Å². The van der Waals surface area contributed by atoms with Crippen LogP contribution in [-0.4, -0.2) is 42.4 Å². The molecule has 12 heavy (non-hydrogen) atoms. The van der Waals surface area contributed by atoms with Gasteiger partial charge in [0, 0.05) is 6.00 Å². The fraction of sp³-hybridized carbons (Fsp3) is 1.00. The SMILES string of the molecule is [B]C1OC(C(C)CC)[C@@H](O)[C@H]1O. The van der Waals surface area contributed by atoms with E-state index in [2.05, 4.69) is 0 Å². The van der Waals surface area contributed by atoms with E-state index < -0.39 is 18.2 Å². The molecule has 1 aliphatic rings. The van der Waals surface area contributed by atoms with E-state index in [1.807, 2.05) is 13.8 Å². The monoisotopic (exact) mass is 170 g/mol. The van der Waals surface area contributed by atoms with Crippen molar-refractivity contribution in [2.24, 2.45) is 5.92 Å². The molecule has 0 saturated carbocycles. The van der Waals surface area contributed by atoms with Gasteiger partial charge in [0.25, 0.3) is 0 Å². The summed E-state index contributed by atoms with van der Waals surface area (Å²) < 4.78 is 5.22. The van der Waals surface area contributed by atoms with Crippen molar-refractivity contribution in [3.63, 3.8) is 0 Å². The van der Waals surface area contributed by atoms with Crippen molar-refractivity contribution in [3.05, 3.63) is 0 Å². The van der Waals surface area contributed by atoms with Crippen molar-refractivity contribution in [3.8, 4) is 0 Å². The fourth-order valence-corrected chi connectivity index (χ4v) is 1.43. The number of hydrogen-bond acceptors (Lipinski definition) is 3. The first kappa shape index (κ1) is 10.0. The first-order chi connectivity index (χ1) is 5.57. The Morgan fingerprint density at radius 3 is 2.33 bits per heavy atom. The van der Waals surface area contributed by atoms with Crippen LogP contribution >= 0.6 is 0 Å². The number of hydrogen-bond donors (Lipinski definition) is 2. The third kappa shape index (κ3) is 1.65. The minimum atomic E-state index is -0.941. The summed E-state index contributed by atoms with van der Waals surface area (Å²) in [7, 11) is 5.42. The second-order valence-corrected chi connectivity index (χ2v) is 3.43. The van der Waals surface area contributed by atoms with Crippen molar-refractivity contribution >= 4 is 7.85 Å². The molecule has 1 rings (SSSR count). The normalized spacial score (nSPS) is 44.7. The molecule has 0 bridgehead atoms. The molecule has 1 aliphatic heterocycles. The van der Waals surface area contributed by atoms with Gasteiger partial charge in [0.2, 0.25) is 0 Å². The molecule has 68 valence electrons. The molecule has 0 aromatic rings. The van der Waals surface area contributed by atoms with Crippen LogP contribution in [0.1, 0.15) is 20.3 Å². The van der Waals surface area contributed by atoms with Gasteiger partial charge in [-0.1, -0.05) is 20.3 Å². The lowest BCUT2D eigenvalue weighted by Gasteiger charge is -2.20. The summed E-state index contributed by atoms with van der Waals surface area (Å²) in [5.41, 5.74) is 0. The molecule has 2 N–H and O–H groups in total. The fourth-order valence-electron chi connectivity index (χ4n) is 1.43. The molecule has 3 nitrogen and oxygen atoms in total. The lowest BCUT2D eigenvalue weighted by molar-refractivity contribution is -0.00797. The summed E-state index contributed by atoms with van der Waals surface area (Å²) in [6.07, 6.45) is -1.19. The van der Waals surface area contributed by atoms with Gasteiger partial charge in [-0.05, 0) is 5.92 Å². The smallest absolute Gasteiger partial charge is 0.112 e. The van der Waals surface area contributed by atoms with Crippen LogP contribution in [0.2, 0.25) is 0 Å². The van der Waals surface area contributed by atoms with Gasteiger partial charge in [-0.25, -0.2) is 0 Å². The maximum atomic E-state index is 9.47. The minimum absolute atomic E-state index is 0.225. The summed E-state index contributed by atoms with van der Waals surface area (Å²) in [6, 6.07) is -0.737. The van der Waals surface area contributed by atoms with E-state index in [0.717, 1.165) is 6.42 Å². The van der Waals surface area contributed by atoms with E-state index in [9.17, 15) is 10.2 Å². The second kappa shape index (κ2) is 3.77. The third-order valence-electron chi connectivity index (χ3n) is 2.54. The van der Waals surface area contributed by atoms with Crippen LogP contribution in [0.25, 0.3) is 0 Å². The lowest BCUT2D eigenvalue weighted by atomic mass is 9.90. The van der Waals surface area contributed by atoms with E-state index in [4.69, 9.17) is 12.6 Å². The molecule has 1 saturated heterocycles. The zero-order chi connectivity index (χ0) is 9.30. The summed E-state index contributed by atoms with van der Waals surface area (Å²) in [6.45, 7) is 3.98. The predicted molar refractivity (Wildman–Crippen MR) is 45.9 cm³/mol. The van der Waals surface area contributed by atoms with Crippen LogP contribution in [0.3, 0.4) is 0 Å². The highest BCUT2D eigenvalue weighted by Crippen LogP contribution is 2.26. The Hall–Kier alpha value is -0.0551. The van der Waals surface area contributed by atoms with Crippen LogP contribution in [0.15, 0.2) is 0 Å². The minimum Gasteiger partial charge on any atom is -0.388 e. The Morgan fingerprint density at radius 1 is 1.42 bits per heavy atom. The first-order valence-electron chi connectivity index (χ1n) is 4.35. The van der Waals surface area contributed by atoms with Gasteiger partial charge in [-0.2, -0.15) is 0 Å². The van der Waals surface area contributed by atoms with Gasteiger partial charge in [0.15, 0.2) is 0 Å². The van der Waals surface area contributed by atoms with Gasteiger partial charge in [-0.15, -0.1) is 0 Å². The van der Waals surface area contributed by atoms with Gasteiger partial charge >= 0.3 is 0 Å². The zero-order valence-corrected chi connectivity index (χ0v) is 7.47. The highest BCUT2D eigenvalue weighted by molar-refractivity contribution is 6.11. The van der Waals surface area contributed by atoms with Crippen LogP contribution in [0, 0.1) is 5.92 Å². The second-order valence-electron chi connectivity index (χ2n) is 3.43. The van der Waals surface area contributed by atoms with E-state index in [1.54, 1.807) is 0 Å². The quantitative estimate of drug-likeness (QED) is 0.556. The van der Waals surface area contributed by atoms with Crippen LogP contribution in [0.5, 0.6) is 0 Å². The van der Waals surface area contributed by atoms with Gasteiger partial charge in [0.1, 0.15) is 14.0 Å². The molecule has 0 spiro atoms. The zero-order valence-electron chi connectivity index (χ0n) is 7.47. The molecule has 1 fully saturated rings. The van der Waals surface area contributed by atoms with Gasteiger partial charge in [-0.3, -0.25) is 0 Å². The number of rotatable bonds is 2. The maximum absolute atomic E-state index is 9.47. The Bertz CT molecular complexity index is 153. The molecule has 0 aromatic heterocycles. The van der Waals surface area contributed by atoms with Crippen molar-refractivity contribution < 1.29 is 14.9 Å². The summed E-state index contributed by atoms with van der Waals surface area (Å²) >= 11 is 0. The largest absolute Gasteiger partial charge is 0.388 e. The number of aliphatic hydroxyl groups is 2. The molecule has 1 heterocycles. The van der Waals surface area contributed by atoms with E-state index in [-0.39, 0.29) is 12.0 Å². The summed E-state index contributed by atoms with van der Waals surface area (Å²) in [4.78, 5) is 0. The van der Waals surface area contributed by atoms with E-state index in [0.29, 0.717) is 0 Å². The Morgan fingerprint density at radius 2 is 2.00 bits per heavy atom.